The molecule has 0 aliphatic carbocycles. The second-order valence-corrected chi connectivity index (χ2v) is 12.9. The van der Waals surface area contributed by atoms with Crippen LogP contribution in [0.3, 0.4) is 0 Å². The van der Waals surface area contributed by atoms with E-state index in [9.17, 15) is 0 Å². The molecule has 1 aromatic rings. The Hall–Kier alpha value is -0.790. The Kier molecular flexibility index (Phi) is 25.4. The van der Waals surface area contributed by atoms with Gasteiger partial charge in [0.15, 0.2) is 0 Å². The zero-order chi connectivity index (χ0) is 28.2. The Morgan fingerprint density at radius 1 is 0.487 bits per heavy atom. The summed E-state index contributed by atoms with van der Waals surface area (Å²) in [6.07, 6.45) is 44.4. The third kappa shape index (κ3) is 19.8. The number of H-pyrrole nitrogens is 1. The van der Waals surface area contributed by atoms with Gasteiger partial charge in [-0.05, 0) is 26.2 Å². The van der Waals surface area contributed by atoms with Gasteiger partial charge in [0.1, 0.15) is 12.4 Å². The standard InChI is InChI=1S/C37H72N2/c1-5-8-10-12-14-16-18-20-22-24-26-28-31-36(37-38-33-34-39(37)35(4)30-7-3)32-29-27-25-23-21-19-17-15-13-11-9-6-2/h33-36H,5-32H2,1-4H3/p+1. The van der Waals surface area contributed by atoms with E-state index < -0.39 is 0 Å². The lowest BCUT2D eigenvalue weighted by Gasteiger charge is -2.17. The van der Waals surface area contributed by atoms with Crippen LogP contribution in [0.4, 0.5) is 0 Å². The van der Waals surface area contributed by atoms with Gasteiger partial charge >= 0.3 is 0 Å². The smallest absolute Gasteiger partial charge is 0.247 e. The van der Waals surface area contributed by atoms with Crippen molar-refractivity contribution >= 4 is 0 Å². The first-order valence-electron chi connectivity index (χ1n) is 18.3. The molecule has 1 heterocycles. The van der Waals surface area contributed by atoms with Gasteiger partial charge < -0.3 is 0 Å². The summed E-state index contributed by atoms with van der Waals surface area (Å²) in [5, 5.41) is 0. The van der Waals surface area contributed by atoms with E-state index in [4.69, 9.17) is 0 Å². The highest BCUT2D eigenvalue weighted by atomic mass is 15.1. The molecule has 1 N–H and O–H groups in total. The monoisotopic (exact) mass is 546 g/mol. The lowest BCUT2D eigenvalue weighted by molar-refractivity contribution is -0.727. The normalized spacial score (nSPS) is 12.5. The average Bonchev–Trinajstić information content (AvgIpc) is 3.43. The summed E-state index contributed by atoms with van der Waals surface area (Å²) in [5.41, 5.74) is 0. The first-order valence-corrected chi connectivity index (χ1v) is 18.3. The van der Waals surface area contributed by atoms with Crippen molar-refractivity contribution in [2.24, 2.45) is 0 Å². The molecule has 0 radical (unpaired) electrons. The van der Waals surface area contributed by atoms with Gasteiger partial charge in [-0.15, -0.1) is 0 Å². The third-order valence-corrected chi connectivity index (χ3v) is 9.12. The van der Waals surface area contributed by atoms with Crippen molar-refractivity contribution in [1.29, 1.82) is 0 Å². The van der Waals surface area contributed by atoms with Crippen molar-refractivity contribution in [3.63, 3.8) is 0 Å². The van der Waals surface area contributed by atoms with Crippen LogP contribution in [0.25, 0.3) is 0 Å². The third-order valence-electron chi connectivity index (χ3n) is 9.12. The molecule has 2 heteroatoms. The predicted octanol–water partition coefficient (Wildman–Crippen LogP) is 12.9. The van der Waals surface area contributed by atoms with Crippen molar-refractivity contribution in [2.75, 3.05) is 0 Å². The molecule has 2 nitrogen and oxygen atoms in total. The number of hydrogen-bond donors (Lipinski definition) is 1. The molecule has 0 saturated carbocycles. The van der Waals surface area contributed by atoms with Crippen LogP contribution in [-0.2, 0) is 0 Å². The molecule has 0 aliphatic rings. The number of nitrogens with zero attached hydrogens (tertiary/aromatic N) is 1. The summed E-state index contributed by atoms with van der Waals surface area (Å²) in [6, 6.07) is 0.614. The van der Waals surface area contributed by atoms with Crippen LogP contribution in [0.2, 0.25) is 0 Å². The van der Waals surface area contributed by atoms with Crippen LogP contribution in [0.1, 0.15) is 225 Å². The SMILES string of the molecule is CCCCCCCCCCCCCCC(CCCCCCCCCCCCCC)c1[nH]cc[n+]1C(C)CCC. The van der Waals surface area contributed by atoms with Gasteiger partial charge in [0.25, 0.3) is 5.82 Å². The zero-order valence-electron chi connectivity index (χ0n) is 27.6. The molecular weight excluding hydrogens is 472 g/mol. The number of aromatic amines is 1. The minimum atomic E-state index is 0.614. The first kappa shape index (κ1) is 36.2. The Bertz CT molecular complexity index is 578. The van der Waals surface area contributed by atoms with Crippen LogP contribution in [0, 0.1) is 0 Å². The second kappa shape index (κ2) is 27.4. The highest BCUT2D eigenvalue weighted by molar-refractivity contribution is 4.90. The van der Waals surface area contributed by atoms with Gasteiger partial charge in [-0.1, -0.05) is 181 Å². The predicted molar refractivity (Wildman–Crippen MR) is 175 cm³/mol. The van der Waals surface area contributed by atoms with Crippen molar-refractivity contribution in [3.8, 4) is 0 Å². The molecule has 0 amide bonds. The molecule has 1 unspecified atom stereocenters. The largest absolute Gasteiger partial charge is 0.257 e. The van der Waals surface area contributed by atoms with E-state index in [1.54, 1.807) is 0 Å². The van der Waals surface area contributed by atoms with Gasteiger partial charge in [0, 0.05) is 0 Å². The quantitative estimate of drug-likeness (QED) is 0.0732. The van der Waals surface area contributed by atoms with Crippen molar-refractivity contribution in [1.82, 2.24) is 4.98 Å². The summed E-state index contributed by atoms with van der Waals surface area (Å²) in [5.74, 6) is 2.23. The van der Waals surface area contributed by atoms with Gasteiger partial charge in [0.2, 0.25) is 0 Å². The summed E-state index contributed by atoms with van der Waals surface area (Å²) in [6.45, 7) is 9.35. The van der Waals surface area contributed by atoms with Gasteiger partial charge in [-0.3, -0.25) is 0 Å². The Morgan fingerprint density at radius 3 is 1.21 bits per heavy atom. The summed E-state index contributed by atoms with van der Waals surface area (Å²) < 4.78 is 2.58. The van der Waals surface area contributed by atoms with E-state index >= 15 is 0 Å². The van der Waals surface area contributed by atoms with Crippen LogP contribution < -0.4 is 4.57 Å². The van der Waals surface area contributed by atoms with E-state index in [1.807, 2.05) is 0 Å². The molecule has 0 aromatic carbocycles. The molecule has 0 bridgehead atoms. The maximum atomic E-state index is 3.69. The van der Waals surface area contributed by atoms with Gasteiger partial charge in [-0.2, -0.15) is 0 Å². The van der Waals surface area contributed by atoms with E-state index in [-0.39, 0.29) is 0 Å². The van der Waals surface area contributed by atoms with Crippen LogP contribution in [-0.4, -0.2) is 4.98 Å². The Morgan fingerprint density at radius 2 is 0.846 bits per heavy atom. The van der Waals surface area contributed by atoms with E-state index in [2.05, 4.69) is 49.6 Å². The molecule has 1 atom stereocenters. The highest BCUT2D eigenvalue weighted by Gasteiger charge is 2.25. The van der Waals surface area contributed by atoms with Gasteiger partial charge in [-0.25, -0.2) is 9.55 Å². The fraction of sp³-hybridized carbons (Fsp3) is 0.919. The Balaban J connectivity index is 2.28. The maximum absolute atomic E-state index is 3.69. The molecule has 39 heavy (non-hydrogen) atoms. The maximum Gasteiger partial charge on any atom is 0.257 e. The first-order chi connectivity index (χ1) is 19.2. The fourth-order valence-electron chi connectivity index (χ4n) is 6.51. The second-order valence-electron chi connectivity index (χ2n) is 12.9. The average molecular weight is 546 g/mol. The van der Waals surface area contributed by atoms with Gasteiger partial charge in [0.05, 0.1) is 12.0 Å². The molecule has 0 saturated heterocycles. The summed E-state index contributed by atoms with van der Waals surface area (Å²) in [7, 11) is 0. The van der Waals surface area contributed by atoms with Crippen molar-refractivity contribution < 1.29 is 4.57 Å². The molecule has 1 aromatic heterocycles. The van der Waals surface area contributed by atoms with Crippen LogP contribution >= 0.6 is 0 Å². The summed E-state index contributed by atoms with van der Waals surface area (Å²) >= 11 is 0. The molecule has 230 valence electrons. The minimum absolute atomic E-state index is 0.614. The van der Waals surface area contributed by atoms with E-state index in [0.29, 0.717) is 12.0 Å². The number of aromatic nitrogens is 2. The fourth-order valence-corrected chi connectivity index (χ4v) is 6.51. The summed E-state index contributed by atoms with van der Waals surface area (Å²) in [4.78, 5) is 3.69. The van der Waals surface area contributed by atoms with E-state index in [1.165, 1.54) is 186 Å². The van der Waals surface area contributed by atoms with E-state index in [0.717, 1.165) is 0 Å². The number of rotatable bonds is 30. The number of hydrogen-bond acceptors (Lipinski definition) is 0. The molecule has 0 spiro atoms. The molecule has 1 rings (SSSR count). The minimum Gasteiger partial charge on any atom is -0.247 e. The highest BCUT2D eigenvalue weighted by Crippen LogP contribution is 2.27. The molecule has 0 aliphatic heterocycles. The lowest BCUT2D eigenvalue weighted by atomic mass is 9.92. The molecule has 0 fully saturated rings. The molecular formula is C37H73N2+. The zero-order valence-corrected chi connectivity index (χ0v) is 27.6. The Labute approximate surface area is 246 Å². The van der Waals surface area contributed by atoms with Crippen LogP contribution in [0.5, 0.6) is 0 Å². The lowest BCUT2D eigenvalue weighted by Crippen LogP contribution is -2.41. The van der Waals surface area contributed by atoms with Crippen molar-refractivity contribution in [3.05, 3.63) is 18.2 Å². The van der Waals surface area contributed by atoms with Crippen LogP contribution in [0.15, 0.2) is 12.4 Å². The number of imidazole rings is 1. The topological polar surface area (TPSA) is 19.7 Å². The van der Waals surface area contributed by atoms with Crippen molar-refractivity contribution in [2.45, 2.75) is 219 Å². The number of nitrogens with one attached hydrogen (secondary N) is 1. The number of unbranched alkanes of at least 4 members (excludes halogenated alkanes) is 22.